The molecule has 0 spiro atoms. The zero-order valence-corrected chi connectivity index (χ0v) is 17.4. The first-order chi connectivity index (χ1) is 13.1. The molecule has 1 aromatic carbocycles. The van der Waals surface area contributed by atoms with Crippen LogP contribution in [0.1, 0.15) is 52.0 Å². The van der Waals surface area contributed by atoms with Crippen molar-refractivity contribution in [2.24, 2.45) is 0 Å². The second kappa shape index (κ2) is 9.92. The van der Waals surface area contributed by atoms with Gasteiger partial charge >= 0.3 is 0 Å². The number of halogens is 4. The van der Waals surface area contributed by atoms with Crippen LogP contribution in [0.2, 0.25) is 0 Å². The number of anilines is 1. The summed E-state index contributed by atoms with van der Waals surface area (Å²) in [4.78, 5) is 3.72. The molecule has 2 saturated heterocycles. The van der Waals surface area contributed by atoms with E-state index in [0.29, 0.717) is 17.7 Å². The van der Waals surface area contributed by atoms with Gasteiger partial charge in [0, 0.05) is 38.6 Å². The summed E-state index contributed by atoms with van der Waals surface area (Å²) < 4.78 is 53.4. The first-order valence-corrected chi connectivity index (χ1v) is 10.2. The molecule has 2 fully saturated rings. The molecule has 0 atom stereocenters. The van der Waals surface area contributed by atoms with Crippen LogP contribution in [0.3, 0.4) is 0 Å². The monoisotopic (exact) mass is 403 g/mol. The molecule has 0 bridgehead atoms. The van der Waals surface area contributed by atoms with Crippen LogP contribution in [0, 0.1) is 11.6 Å². The topological polar surface area (TPSA) is 18.5 Å². The Morgan fingerprint density at radius 2 is 1.61 bits per heavy atom. The zero-order valence-electron chi connectivity index (χ0n) is 17.4. The molecule has 0 saturated carbocycles. The lowest BCUT2D eigenvalue weighted by atomic mass is 10.0. The number of nitrogens with one attached hydrogen (secondary N) is 1. The van der Waals surface area contributed by atoms with E-state index in [9.17, 15) is 17.6 Å². The normalized spacial score (nSPS) is 20.3. The molecule has 2 heterocycles. The molecule has 1 N–H and O–H groups in total. The highest BCUT2D eigenvalue weighted by Gasteiger charge is 2.35. The quantitative estimate of drug-likeness (QED) is 0.743. The fourth-order valence-corrected chi connectivity index (χ4v) is 3.59. The molecule has 7 heteroatoms. The summed E-state index contributed by atoms with van der Waals surface area (Å²) in [6.45, 7) is 11.5. The van der Waals surface area contributed by atoms with Crippen LogP contribution in [0.5, 0.6) is 0 Å². The van der Waals surface area contributed by atoms with Gasteiger partial charge in [0.25, 0.3) is 5.92 Å². The van der Waals surface area contributed by atoms with Crippen molar-refractivity contribution >= 4 is 5.69 Å². The fraction of sp³-hybridized carbons (Fsp3) is 0.714. The van der Waals surface area contributed by atoms with Crippen molar-refractivity contribution in [3.8, 4) is 0 Å². The molecule has 3 rings (SSSR count). The molecule has 3 nitrogen and oxygen atoms in total. The highest BCUT2D eigenvalue weighted by atomic mass is 19.3. The van der Waals surface area contributed by atoms with E-state index in [0.717, 1.165) is 32.7 Å². The summed E-state index contributed by atoms with van der Waals surface area (Å²) in [7, 11) is 0. The standard InChI is InChI=1S/C13H18F2N2.C8H15F2N/c1-9(2)10-3-4-11(13(15)12(10)14)17-7-5-16-6-8-17;1-7(2)11-5-3-4-8(9,10)6-11/h3-4,9,16H,5-8H2,1-2H3;7H,3-6H2,1-2H3. The minimum atomic E-state index is -2.44. The summed E-state index contributed by atoms with van der Waals surface area (Å²) in [5, 5.41) is 3.19. The molecule has 2 aliphatic heterocycles. The van der Waals surface area contributed by atoms with Gasteiger partial charge in [0.1, 0.15) is 0 Å². The SMILES string of the molecule is CC(C)N1CCCC(F)(F)C1.CC(C)c1ccc(N2CCNCC2)c(F)c1F. The van der Waals surface area contributed by atoms with Crippen molar-refractivity contribution in [2.45, 2.75) is 58.4 Å². The largest absolute Gasteiger partial charge is 0.367 e. The van der Waals surface area contributed by atoms with Crippen LogP contribution in [0.4, 0.5) is 23.2 Å². The van der Waals surface area contributed by atoms with Gasteiger partial charge in [-0.15, -0.1) is 0 Å². The lowest BCUT2D eigenvalue weighted by Gasteiger charge is -2.34. The van der Waals surface area contributed by atoms with E-state index in [-0.39, 0.29) is 24.9 Å². The van der Waals surface area contributed by atoms with E-state index >= 15 is 0 Å². The molecule has 28 heavy (non-hydrogen) atoms. The van der Waals surface area contributed by atoms with Gasteiger partial charge in [0.2, 0.25) is 0 Å². The summed E-state index contributed by atoms with van der Waals surface area (Å²) in [6, 6.07) is 3.64. The van der Waals surface area contributed by atoms with Gasteiger partial charge in [0.05, 0.1) is 12.2 Å². The predicted octanol–water partition coefficient (Wildman–Crippen LogP) is 4.62. The molecule has 0 amide bonds. The van der Waals surface area contributed by atoms with E-state index in [2.05, 4.69) is 5.32 Å². The first-order valence-electron chi connectivity index (χ1n) is 10.2. The third-order valence-corrected chi connectivity index (χ3v) is 5.32. The fourth-order valence-electron chi connectivity index (χ4n) is 3.59. The third-order valence-electron chi connectivity index (χ3n) is 5.32. The Hall–Kier alpha value is -1.34. The van der Waals surface area contributed by atoms with Crippen LogP contribution in [-0.2, 0) is 0 Å². The number of alkyl halides is 2. The molecule has 1 aromatic rings. The molecule has 0 unspecified atom stereocenters. The maximum Gasteiger partial charge on any atom is 0.260 e. The van der Waals surface area contributed by atoms with Crippen LogP contribution in [0.25, 0.3) is 0 Å². The minimum Gasteiger partial charge on any atom is -0.367 e. The average molecular weight is 404 g/mol. The van der Waals surface area contributed by atoms with Gasteiger partial charge < -0.3 is 10.2 Å². The van der Waals surface area contributed by atoms with Crippen LogP contribution in [0.15, 0.2) is 12.1 Å². The second-order valence-electron chi connectivity index (χ2n) is 8.22. The Labute approximate surface area is 166 Å². The summed E-state index contributed by atoms with van der Waals surface area (Å²) in [5.41, 5.74) is 0.829. The lowest BCUT2D eigenvalue weighted by molar-refractivity contribution is -0.0715. The number of rotatable bonds is 3. The number of hydrogen-bond donors (Lipinski definition) is 1. The van der Waals surface area contributed by atoms with Gasteiger partial charge in [-0.3, -0.25) is 4.90 Å². The van der Waals surface area contributed by atoms with E-state index in [1.165, 1.54) is 0 Å². The number of hydrogen-bond acceptors (Lipinski definition) is 3. The second-order valence-corrected chi connectivity index (χ2v) is 8.22. The van der Waals surface area contributed by atoms with E-state index in [4.69, 9.17) is 0 Å². The van der Waals surface area contributed by atoms with Crippen molar-refractivity contribution in [3.63, 3.8) is 0 Å². The Bertz CT molecular complexity index is 628. The molecule has 0 radical (unpaired) electrons. The lowest BCUT2D eigenvalue weighted by Crippen LogP contribution is -2.45. The average Bonchev–Trinajstić information content (AvgIpc) is 2.64. The van der Waals surface area contributed by atoms with Crippen LogP contribution >= 0.6 is 0 Å². The van der Waals surface area contributed by atoms with Crippen molar-refractivity contribution in [3.05, 3.63) is 29.3 Å². The zero-order chi connectivity index (χ0) is 20.9. The Morgan fingerprint density at radius 1 is 0.964 bits per heavy atom. The van der Waals surface area contributed by atoms with Crippen molar-refractivity contribution in [1.82, 2.24) is 10.2 Å². The number of piperazine rings is 1. The number of piperidine rings is 1. The number of nitrogens with zero attached hydrogens (tertiary/aromatic N) is 2. The highest BCUT2D eigenvalue weighted by molar-refractivity contribution is 5.50. The predicted molar refractivity (Wildman–Crippen MR) is 106 cm³/mol. The van der Waals surface area contributed by atoms with Crippen LogP contribution < -0.4 is 10.2 Å². The molecule has 160 valence electrons. The Morgan fingerprint density at radius 3 is 2.11 bits per heavy atom. The summed E-state index contributed by atoms with van der Waals surface area (Å²) in [5.74, 6) is -3.85. The van der Waals surface area contributed by atoms with Crippen molar-refractivity contribution in [2.75, 3.05) is 44.2 Å². The van der Waals surface area contributed by atoms with E-state index in [1.807, 2.05) is 37.5 Å². The van der Waals surface area contributed by atoms with Gasteiger partial charge in [-0.05, 0) is 44.4 Å². The number of likely N-dealkylation sites (tertiary alicyclic amines) is 1. The first kappa shape index (κ1) is 22.9. The van der Waals surface area contributed by atoms with Gasteiger partial charge in [-0.1, -0.05) is 19.9 Å². The summed E-state index contributed by atoms with van der Waals surface area (Å²) in [6.07, 6.45) is 0.696. The molecule has 0 aliphatic carbocycles. The molecular formula is C21H33F4N3. The molecule has 2 aliphatic rings. The Balaban J connectivity index is 0.000000221. The van der Waals surface area contributed by atoms with Gasteiger partial charge in [-0.25, -0.2) is 17.6 Å². The maximum absolute atomic E-state index is 14.0. The van der Waals surface area contributed by atoms with E-state index in [1.54, 1.807) is 12.1 Å². The van der Waals surface area contributed by atoms with Gasteiger partial charge in [0.15, 0.2) is 11.6 Å². The van der Waals surface area contributed by atoms with E-state index < -0.39 is 17.6 Å². The van der Waals surface area contributed by atoms with Crippen LogP contribution in [-0.4, -0.2) is 56.1 Å². The highest BCUT2D eigenvalue weighted by Crippen LogP contribution is 2.28. The minimum absolute atomic E-state index is 0.00146. The number of benzene rings is 1. The van der Waals surface area contributed by atoms with Crippen molar-refractivity contribution < 1.29 is 17.6 Å². The molecular weight excluding hydrogens is 370 g/mol. The van der Waals surface area contributed by atoms with Crippen molar-refractivity contribution in [1.29, 1.82) is 0 Å². The maximum atomic E-state index is 14.0. The third kappa shape index (κ3) is 6.08. The smallest absolute Gasteiger partial charge is 0.260 e. The van der Waals surface area contributed by atoms with Gasteiger partial charge in [-0.2, -0.15) is 0 Å². The Kier molecular flexibility index (Phi) is 8.13. The summed E-state index contributed by atoms with van der Waals surface area (Å²) >= 11 is 0. The molecule has 0 aromatic heterocycles.